The Morgan fingerprint density at radius 2 is 1.60 bits per heavy atom. The van der Waals surface area contributed by atoms with Gasteiger partial charge < -0.3 is 23.9 Å². The lowest BCUT2D eigenvalue weighted by molar-refractivity contribution is 0.0938. The molecule has 0 aliphatic heterocycles. The highest BCUT2D eigenvalue weighted by molar-refractivity contribution is 5.96. The maximum absolute atomic E-state index is 12.6. The minimum absolute atomic E-state index is 0.0222. The van der Waals surface area contributed by atoms with E-state index in [0.717, 1.165) is 35.0 Å². The number of methoxy groups -OCH3 is 3. The Morgan fingerprint density at radius 1 is 0.914 bits per heavy atom. The summed E-state index contributed by atoms with van der Waals surface area (Å²) in [6, 6.07) is 15.4. The van der Waals surface area contributed by atoms with Gasteiger partial charge in [-0.1, -0.05) is 25.0 Å². The van der Waals surface area contributed by atoms with E-state index in [9.17, 15) is 4.79 Å². The van der Waals surface area contributed by atoms with Crippen LogP contribution in [0.4, 0.5) is 0 Å². The zero-order valence-electron chi connectivity index (χ0n) is 20.1. The molecule has 7 heteroatoms. The molecule has 0 saturated heterocycles. The van der Waals surface area contributed by atoms with Crippen molar-refractivity contribution < 1.29 is 23.4 Å². The van der Waals surface area contributed by atoms with Crippen molar-refractivity contribution in [1.82, 2.24) is 10.3 Å². The highest BCUT2D eigenvalue weighted by Gasteiger charge is 2.20. The quantitative estimate of drug-likeness (QED) is 0.363. The van der Waals surface area contributed by atoms with E-state index in [1.54, 1.807) is 27.5 Å². The summed E-state index contributed by atoms with van der Waals surface area (Å²) in [5.74, 6) is 2.22. The van der Waals surface area contributed by atoms with Crippen LogP contribution in [-0.2, 0) is 0 Å². The van der Waals surface area contributed by atoms with Gasteiger partial charge in [0.05, 0.1) is 21.3 Å². The van der Waals surface area contributed by atoms with Crippen LogP contribution < -0.4 is 19.5 Å². The van der Waals surface area contributed by atoms with Gasteiger partial charge in [-0.3, -0.25) is 9.78 Å². The topological polar surface area (TPSA) is 82.8 Å². The second-order valence-electron chi connectivity index (χ2n) is 8.63. The molecule has 4 aromatic rings. The number of nitrogens with zero attached hydrogens (tertiary/aromatic N) is 1. The Morgan fingerprint density at radius 3 is 2.23 bits per heavy atom. The normalized spacial score (nSPS) is 13.7. The molecule has 5 rings (SSSR count). The minimum atomic E-state index is -0.0222. The third kappa shape index (κ3) is 4.41. The molecule has 1 saturated carbocycles. The number of ether oxygens (including phenoxy) is 3. The fraction of sp³-hybridized carbons (Fsp3) is 0.286. The molecule has 1 N–H and O–H groups in total. The van der Waals surface area contributed by atoms with E-state index in [1.165, 1.54) is 12.8 Å². The third-order valence-corrected chi connectivity index (χ3v) is 6.51. The van der Waals surface area contributed by atoms with Crippen molar-refractivity contribution in [3.8, 4) is 39.7 Å². The van der Waals surface area contributed by atoms with E-state index < -0.39 is 0 Å². The number of carbonyl (C=O) groups excluding carboxylic acids is 1. The van der Waals surface area contributed by atoms with Gasteiger partial charge in [0.25, 0.3) is 5.91 Å². The molecule has 1 aliphatic rings. The molecular weight excluding hydrogens is 444 g/mol. The van der Waals surface area contributed by atoms with Gasteiger partial charge in [-0.05, 0) is 48.7 Å². The number of aromatic nitrogens is 1. The van der Waals surface area contributed by atoms with Crippen LogP contribution in [-0.4, -0.2) is 38.3 Å². The molecular formula is C28H28N2O5. The van der Waals surface area contributed by atoms with E-state index in [4.69, 9.17) is 18.6 Å². The van der Waals surface area contributed by atoms with E-state index in [2.05, 4.69) is 10.3 Å². The van der Waals surface area contributed by atoms with Gasteiger partial charge in [0.2, 0.25) is 5.75 Å². The molecule has 0 radical (unpaired) electrons. The summed E-state index contributed by atoms with van der Waals surface area (Å²) in [5.41, 5.74) is 4.68. The summed E-state index contributed by atoms with van der Waals surface area (Å²) < 4.78 is 22.7. The third-order valence-electron chi connectivity index (χ3n) is 6.51. The molecule has 7 nitrogen and oxygen atoms in total. The lowest BCUT2D eigenvalue weighted by Crippen LogP contribution is -2.32. The molecule has 1 aliphatic carbocycles. The Hall–Kier alpha value is -4.00. The molecule has 0 atom stereocenters. The largest absolute Gasteiger partial charge is 0.493 e. The van der Waals surface area contributed by atoms with Gasteiger partial charge in [-0.15, -0.1) is 0 Å². The fourth-order valence-electron chi connectivity index (χ4n) is 4.67. The van der Waals surface area contributed by atoms with Crippen molar-refractivity contribution >= 4 is 17.0 Å². The number of hydrogen-bond acceptors (Lipinski definition) is 6. The van der Waals surface area contributed by atoms with Crippen molar-refractivity contribution in [3.05, 3.63) is 60.3 Å². The van der Waals surface area contributed by atoms with Gasteiger partial charge in [0.1, 0.15) is 11.3 Å². The highest BCUT2D eigenvalue weighted by Crippen LogP contribution is 2.42. The predicted molar refractivity (Wildman–Crippen MR) is 134 cm³/mol. The summed E-state index contributed by atoms with van der Waals surface area (Å²) in [4.78, 5) is 17.1. The first-order valence-corrected chi connectivity index (χ1v) is 11.7. The lowest BCUT2D eigenvalue weighted by atomic mass is 10.0. The maximum atomic E-state index is 12.6. The van der Waals surface area contributed by atoms with Gasteiger partial charge in [0, 0.05) is 35.0 Å². The molecule has 0 spiro atoms. The number of benzene rings is 2. The maximum Gasteiger partial charge on any atom is 0.251 e. The second-order valence-corrected chi connectivity index (χ2v) is 8.63. The molecule has 1 fully saturated rings. The van der Waals surface area contributed by atoms with Crippen molar-refractivity contribution in [2.24, 2.45) is 0 Å². The van der Waals surface area contributed by atoms with Crippen LogP contribution in [0, 0.1) is 0 Å². The molecule has 2 heterocycles. The van der Waals surface area contributed by atoms with Crippen LogP contribution in [0.1, 0.15) is 36.0 Å². The first kappa shape index (κ1) is 22.8. The fourth-order valence-corrected chi connectivity index (χ4v) is 4.67. The van der Waals surface area contributed by atoms with E-state index in [-0.39, 0.29) is 5.91 Å². The molecule has 35 heavy (non-hydrogen) atoms. The Labute approximate surface area is 204 Å². The summed E-state index contributed by atoms with van der Waals surface area (Å²) in [5, 5.41) is 3.14. The number of fused-ring (bicyclic) bond motifs is 1. The Balaban J connectivity index is 1.47. The SMILES string of the molecule is COc1cc(-c2cc3nccc(-c4ccc(C(=O)NC5CCCC5)cc4)c3o2)cc(OC)c1OC. The standard InChI is InChI=1S/C28H28N2O5/c1-32-24-14-19(15-25(33-2)27(24)34-3)23-16-22-26(35-23)21(12-13-29-22)17-8-10-18(11-9-17)28(31)30-20-6-4-5-7-20/h8-16,20H,4-7H2,1-3H3,(H,30,31). The molecule has 180 valence electrons. The van der Waals surface area contributed by atoms with Crippen LogP contribution in [0.5, 0.6) is 17.2 Å². The first-order chi connectivity index (χ1) is 17.1. The highest BCUT2D eigenvalue weighted by atomic mass is 16.5. The zero-order chi connectivity index (χ0) is 24.4. The molecule has 0 unspecified atom stereocenters. The molecule has 2 aromatic carbocycles. The predicted octanol–water partition coefficient (Wildman–Crippen LogP) is 5.86. The lowest BCUT2D eigenvalue weighted by Gasteiger charge is -2.13. The number of amides is 1. The molecule has 0 bridgehead atoms. The van der Waals surface area contributed by atoms with Gasteiger partial charge >= 0.3 is 0 Å². The van der Waals surface area contributed by atoms with Crippen molar-refractivity contribution in [2.45, 2.75) is 31.7 Å². The summed E-state index contributed by atoms with van der Waals surface area (Å²) in [7, 11) is 4.73. The van der Waals surface area contributed by atoms with Crippen LogP contribution in [0.15, 0.2) is 59.1 Å². The second kappa shape index (κ2) is 9.70. The van der Waals surface area contributed by atoms with Crippen molar-refractivity contribution in [1.29, 1.82) is 0 Å². The van der Waals surface area contributed by atoms with E-state index in [1.807, 2.05) is 48.5 Å². The number of furan rings is 1. The monoisotopic (exact) mass is 472 g/mol. The summed E-state index contributed by atoms with van der Waals surface area (Å²) in [6.07, 6.45) is 6.25. The van der Waals surface area contributed by atoms with Crippen LogP contribution >= 0.6 is 0 Å². The van der Waals surface area contributed by atoms with E-state index >= 15 is 0 Å². The smallest absolute Gasteiger partial charge is 0.251 e. The number of carbonyl (C=O) groups is 1. The Bertz CT molecular complexity index is 1330. The van der Waals surface area contributed by atoms with Crippen molar-refractivity contribution in [3.63, 3.8) is 0 Å². The zero-order valence-corrected chi connectivity index (χ0v) is 20.1. The first-order valence-electron chi connectivity index (χ1n) is 11.7. The van der Waals surface area contributed by atoms with E-state index in [0.29, 0.717) is 40.2 Å². The van der Waals surface area contributed by atoms with Crippen LogP contribution in [0.3, 0.4) is 0 Å². The molecule has 1 amide bonds. The van der Waals surface area contributed by atoms with Gasteiger partial charge in [-0.25, -0.2) is 0 Å². The number of hydrogen-bond donors (Lipinski definition) is 1. The van der Waals surface area contributed by atoms with Gasteiger partial charge in [-0.2, -0.15) is 0 Å². The van der Waals surface area contributed by atoms with Crippen molar-refractivity contribution in [2.75, 3.05) is 21.3 Å². The number of rotatable bonds is 7. The molecule has 2 aromatic heterocycles. The number of pyridine rings is 1. The average molecular weight is 473 g/mol. The van der Waals surface area contributed by atoms with Gasteiger partial charge in [0.15, 0.2) is 17.1 Å². The minimum Gasteiger partial charge on any atom is -0.493 e. The van der Waals surface area contributed by atoms with Crippen LogP contribution in [0.2, 0.25) is 0 Å². The summed E-state index contributed by atoms with van der Waals surface area (Å²) in [6.45, 7) is 0. The number of nitrogens with one attached hydrogen (secondary N) is 1. The Kier molecular flexibility index (Phi) is 6.31. The van der Waals surface area contributed by atoms with Crippen LogP contribution in [0.25, 0.3) is 33.6 Å². The summed E-state index contributed by atoms with van der Waals surface area (Å²) >= 11 is 0. The average Bonchev–Trinajstić information content (AvgIpc) is 3.57.